The van der Waals surface area contributed by atoms with E-state index in [1.807, 2.05) is 12.2 Å². The summed E-state index contributed by atoms with van der Waals surface area (Å²) in [5.74, 6) is 3.95. The molecule has 13 heavy (non-hydrogen) atoms. The summed E-state index contributed by atoms with van der Waals surface area (Å²) in [5, 5.41) is 0.727. The highest BCUT2D eigenvalue weighted by Gasteiger charge is 2.60. The van der Waals surface area contributed by atoms with Gasteiger partial charge in [-0.2, -0.15) is 0 Å². The van der Waals surface area contributed by atoms with E-state index in [1.165, 1.54) is 0 Å². The van der Waals surface area contributed by atoms with Crippen LogP contribution in [0.15, 0.2) is 12.2 Å². The van der Waals surface area contributed by atoms with Gasteiger partial charge in [-0.3, -0.25) is 9.59 Å². The van der Waals surface area contributed by atoms with E-state index in [1.54, 1.807) is 0 Å². The lowest BCUT2D eigenvalue weighted by atomic mass is 9.85. The molecule has 0 spiro atoms. The maximum absolute atomic E-state index is 11.5. The molecule has 0 aromatic rings. The van der Waals surface area contributed by atoms with Crippen molar-refractivity contribution >= 4 is 11.8 Å². The highest BCUT2D eigenvalue weighted by molar-refractivity contribution is 6.06. The summed E-state index contributed by atoms with van der Waals surface area (Å²) < 4.78 is 5.39. The number of hydrogen-bond donors (Lipinski definition) is 1. The second-order valence-electron chi connectivity index (χ2n) is 3.55. The van der Waals surface area contributed by atoms with Gasteiger partial charge in [0.2, 0.25) is 0 Å². The summed E-state index contributed by atoms with van der Waals surface area (Å²) in [6.45, 7) is 0. The first-order chi connectivity index (χ1) is 6.20. The van der Waals surface area contributed by atoms with E-state index in [2.05, 4.69) is 0 Å². The van der Waals surface area contributed by atoms with Crippen molar-refractivity contribution in [1.29, 1.82) is 0 Å². The number of amides is 2. The summed E-state index contributed by atoms with van der Waals surface area (Å²) in [6, 6.07) is 0. The molecule has 68 valence electrons. The number of nitrogens with two attached hydrogens (primary N) is 1. The van der Waals surface area contributed by atoms with E-state index < -0.39 is 0 Å². The molecule has 3 aliphatic rings. The second kappa shape index (κ2) is 2.00. The van der Waals surface area contributed by atoms with Crippen molar-refractivity contribution in [3.05, 3.63) is 12.2 Å². The van der Waals surface area contributed by atoms with Gasteiger partial charge in [0.05, 0.1) is 24.0 Å². The van der Waals surface area contributed by atoms with E-state index in [0.29, 0.717) is 0 Å². The first-order valence-corrected chi connectivity index (χ1v) is 4.16. The molecule has 5 heteroatoms. The van der Waals surface area contributed by atoms with Crippen LogP contribution in [0.4, 0.5) is 0 Å². The summed E-state index contributed by atoms with van der Waals surface area (Å²) in [6.07, 6.45) is 3.19. The quantitative estimate of drug-likeness (QED) is 0.220. The number of fused-ring (bicyclic) bond motifs is 5. The van der Waals surface area contributed by atoms with Gasteiger partial charge in [0.25, 0.3) is 11.8 Å². The van der Waals surface area contributed by atoms with E-state index in [4.69, 9.17) is 10.6 Å². The van der Waals surface area contributed by atoms with Gasteiger partial charge in [-0.1, -0.05) is 12.2 Å². The lowest BCUT2D eigenvalue weighted by molar-refractivity contribution is -0.142. The van der Waals surface area contributed by atoms with E-state index in [0.717, 1.165) is 5.01 Å². The number of ether oxygens (including phenoxy) is 1. The predicted octanol–water partition coefficient (Wildman–Crippen LogP) is -1.20. The molecular formula is C8H8N2O3. The molecule has 0 radical (unpaired) electrons. The van der Waals surface area contributed by atoms with Crippen LogP contribution in [0.3, 0.4) is 0 Å². The molecule has 3 rings (SSSR count). The smallest absolute Gasteiger partial charge is 0.250 e. The van der Waals surface area contributed by atoms with E-state index in [-0.39, 0.29) is 35.9 Å². The highest BCUT2D eigenvalue weighted by Crippen LogP contribution is 2.43. The van der Waals surface area contributed by atoms with Crippen LogP contribution in [0.1, 0.15) is 0 Å². The molecule has 0 unspecified atom stereocenters. The first-order valence-electron chi connectivity index (χ1n) is 4.16. The lowest BCUT2D eigenvalue weighted by Gasteiger charge is -2.10. The number of rotatable bonds is 0. The number of hydrazine groups is 1. The average Bonchev–Trinajstić information content (AvgIpc) is 2.76. The normalized spacial score (nSPS) is 46.4. The zero-order valence-corrected chi connectivity index (χ0v) is 6.71. The van der Waals surface area contributed by atoms with Crippen molar-refractivity contribution in [2.75, 3.05) is 0 Å². The fourth-order valence-corrected chi connectivity index (χ4v) is 2.33. The Morgan fingerprint density at radius 3 is 2.08 bits per heavy atom. The van der Waals surface area contributed by atoms with Crippen LogP contribution in [-0.2, 0) is 14.3 Å². The molecule has 5 nitrogen and oxygen atoms in total. The molecule has 2 N–H and O–H groups in total. The van der Waals surface area contributed by atoms with Crippen LogP contribution in [0.5, 0.6) is 0 Å². The van der Waals surface area contributed by atoms with Gasteiger partial charge in [-0.25, -0.2) is 10.9 Å². The van der Waals surface area contributed by atoms with Crippen LogP contribution in [0.25, 0.3) is 0 Å². The molecule has 0 aromatic carbocycles. The average molecular weight is 180 g/mol. The molecule has 2 saturated heterocycles. The Morgan fingerprint density at radius 2 is 1.62 bits per heavy atom. The van der Waals surface area contributed by atoms with Gasteiger partial charge in [-0.15, -0.1) is 0 Å². The molecule has 2 fully saturated rings. The standard InChI is InChI=1S/C8H8N2O3/c9-10-7(11)5-3-1-2-4(13-3)6(5)8(10)12/h1-6H,9H2/t3-,4-,5+,6+/m1/s1. The minimum absolute atomic E-state index is 0.236. The van der Waals surface area contributed by atoms with E-state index >= 15 is 0 Å². The molecule has 0 saturated carbocycles. The number of nitrogens with zero attached hydrogens (tertiary/aromatic N) is 1. The fraction of sp³-hybridized carbons (Fsp3) is 0.500. The fourth-order valence-electron chi connectivity index (χ4n) is 2.33. The number of carbonyl (C=O) groups is 2. The highest BCUT2D eigenvalue weighted by atomic mass is 16.5. The lowest BCUT2D eigenvalue weighted by Crippen LogP contribution is -2.39. The maximum atomic E-state index is 11.5. The summed E-state index contributed by atoms with van der Waals surface area (Å²) in [4.78, 5) is 22.9. The molecule has 3 heterocycles. The van der Waals surface area contributed by atoms with Crippen LogP contribution in [0, 0.1) is 11.8 Å². The van der Waals surface area contributed by atoms with Crippen molar-refractivity contribution in [3.8, 4) is 0 Å². The van der Waals surface area contributed by atoms with Crippen LogP contribution in [-0.4, -0.2) is 29.0 Å². The minimum atomic E-state index is -0.368. The van der Waals surface area contributed by atoms with Gasteiger partial charge in [-0.05, 0) is 0 Å². The van der Waals surface area contributed by atoms with Crippen molar-refractivity contribution < 1.29 is 14.3 Å². The molecular weight excluding hydrogens is 172 g/mol. The van der Waals surface area contributed by atoms with E-state index in [9.17, 15) is 9.59 Å². The molecule has 0 aliphatic carbocycles. The monoisotopic (exact) mass is 180 g/mol. The van der Waals surface area contributed by atoms with Gasteiger partial charge >= 0.3 is 0 Å². The van der Waals surface area contributed by atoms with Gasteiger partial charge in [0.1, 0.15) is 0 Å². The topological polar surface area (TPSA) is 72.6 Å². The Bertz CT molecular complexity index is 308. The Labute approximate surface area is 74.1 Å². The third-order valence-electron chi connectivity index (χ3n) is 2.94. The Kier molecular flexibility index (Phi) is 1.11. The minimum Gasteiger partial charge on any atom is -0.365 e. The number of carbonyl (C=O) groups excluding carboxylic acids is 2. The molecule has 2 bridgehead atoms. The zero-order valence-electron chi connectivity index (χ0n) is 6.71. The zero-order chi connectivity index (χ0) is 9.16. The summed E-state index contributed by atoms with van der Waals surface area (Å²) in [5.41, 5.74) is 0. The number of hydrogen-bond acceptors (Lipinski definition) is 4. The molecule has 2 amide bonds. The predicted molar refractivity (Wildman–Crippen MR) is 40.8 cm³/mol. The van der Waals surface area contributed by atoms with Crippen LogP contribution < -0.4 is 5.84 Å². The second-order valence-corrected chi connectivity index (χ2v) is 3.55. The largest absolute Gasteiger partial charge is 0.365 e. The first kappa shape index (κ1) is 7.23. The van der Waals surface area contributed by atoms with Crippen molar-refractivity contribution in [1.82, 2.24) is 5.01 Å². The Morgan fingerprint density at radius 1 is 1.15 bits per heavy atom. The Balaban J connectivity index is 2.08. The summed E-state index contributed by atoms with van der Waals surface area (Å²) >= 11 is 0. The molecule has 0 aromatic heterocycles. The van der Waals surface area contributed by atoms with Crippen LogP contribution >= 0.6 is 0 Å². The van der Waals surface area contributed by atoms with Crippen molar-refractivity contribution in [2.24, 2.45) is 17.7 Å². The third-order valence-corrected chi connectivity index (χ3v) is 2.94. The van der Waals surface area contributed by atoms with Crippen molar-refractivity contribution in [3.63, 3.8) is 0 Å². The van der Waals surface area contributed by atoms with Crippen molar-refractivity contribution in [2.45, 2.75) is 12.2 Å². The number of imide groups is 1. The van der Waals surface area contributed by atoms with Gasteiger partial charge in [0.15, 0.2) is 0 Å². The maximum Gasteiger partial charge on any atom is 0.250 e. The molecule has 3 aliphatic heterocycles. The summed E-state index contributed by atoms with van der Waals surface area (Å²) in [7, 11) is 0. The third kappa shape index (κ3) is 0.653. The Hall–Kier alpha value is -1.20. The van der Waals surface area contributed by atoms with Crippen LogP contribution in [0.2, 0.25) is 0 Å². The molecule has 4 atom stereocenters. The SMILES string of the molecule is NN1C(=O)[C@@H]2[C@@H](C1=O)[C@H]1C=C[C@H]2O1. The van der Waals surface area contributed by atoms with Gasteiger partial charge < -0.3 is 4.74 Å². The van der Waals surface area contributed by atoms with Gasteiger partial charge in [0, 0.05) is 0 Å².